The van der Waals surface area contributed by atoms with Crippen molar-refractivity contribution in [2.75, 3.05) is 6.61 Å². The minimum absolute atomic E-state index is 0. The monoisotopic (exact) mass is 215 g/mol. The molecule has 0 unspecified atom stereocenters. The Morgan fingerprint density at radius 2 is 2.20 bits per heavy atom. The van der Waals surface area contributed by atoms with E-state index in [4.69, 9.17) is 4.74 Å². The van der Waals surface area contributed by atoms with E-state index in [1.807, 2.05) is 0 Å². The van der Waals surface area contributed by atoms with Crippen molar-refractivity contribution in [3.63, 3.8) is 0 Å². The summed E-state index contributed by atoms with van der Waals surface area (Å²) in [4.78, 5) is 10.5. The molecule has 0 aliphatic heterocycles. The average molecular weight is 217 g/mol. The Morgan fingerprint density at radius 1 is 1.60 bits per heavy atom. The molecule has 0 heterocycles. The molecule has 0 saturated carbocycles. The molecule has 57 valence electrons. The van der Waals surface area contributed by atoms with E-state index < -0.39 is 0 Å². The van der Waals surface area contributed by atoms with E-state index in [1.54, 1.807) is 0 Å². The number of carbonyl (C=O) groups excluding carboxylic acids is 1. The summed E-state index contributed by atoms with van der Waals surface area (Å²) in [5.41, 5.74) is 0. The molecule has 0 radical (unpaired) electrons. The van der Waals surface area contributed by atoms with Gasteiger partial charge in [0.2, 0.25) is 0 Å². The van der Waals surface area contributed by atoms with Gasteiger partial charge in [-0.3, -0.25) is 0 Å². The molecule has 4 heteroatoms. The molecule has 0 aromatic rings. The Hall–Kier alpha value is 0.383. The van der Waals surface area contributed by atoms with Crippen LogP contribution in [0.15, 0.2) is 0 Å². The summed E-state index contributed by atoms with van der Waals surface area (Å²) < 4.78 is 4.82. The second-order valence-electron chi connectivity index (χ2n) is 1.82. The van der Waals surface area contributed by atoms with Gasteiger partial charge in [0.05, 0.1) is 0 Å². The molecule has 0 saturated heterocycles. The Balaban J connectivity index is 0. The first kappa shape index (κ1) is 13.0. The zero-order valence-corrected chi connectivity index (χ0v) is 10.0. The summed E-state index contributed by atoms with van der Waals surface area (Å²) >= 11 is 1.00. The topological polar surface area (TPSA) is 26.3 Å². The number of esters is 1. The third-order valence-corrected chi connectivity index (χ3v) is 1.82. The number of carbonyl (C=O) groups is 1. The Morgan fingerprint density at radius 3 is 2.60 bits per heavy atom. The van der Waals surface area contributed by atoms with Gasteiger partial charge in [-0.05, 0) is 0 Å². The molecule has 0 aliphatic rings. The van der Waals surface area contributed by atoms with Crippen LogP contribution in [0.3, 0.4) is 0 Å². The minimum Gasteiger partial charge on any atom is -0.147 e. The van der Waals surface area contributed by atoms with Crippen molar-refractivity contribution in [2.45, 2.75) is 24.8 Å². The van der Waals surface area contributed by atoms with Gasteiger partial charge in [-0.2, -0.15) is 0 Å². The van der Waals surface area contributed by atoms with Crippen molar-refractivity contribution in [3.8, 4) is 0 Å². The Labute approximate surface area is 77.8 Å². The summed E-state index contributed by atoms with van der Waals surface area (Å²) in [7, 11) is 0. The van der Waals surface area contributed by atoms with Crippen LogP contribution in [0, 0.1) is 0 Å². The summed E-state index contributed by atoms with van der Waals surface area (Å²) in [5, 5.41) is 0.615. The van der Waals surface area contributed by atoms with Gasteiger partial charge >= 0.3 is 65.2 Å². The second-order valence-corrected chi connectivity index (χ2v) is 2.87. The van der Waals surface area contributed by atoms with Crippen LogP contribution in [0.4, 0.5) is 0 Å². The molecule has 0 N–H and O–H groups in total. The van der Waals surface area contributed by atoms with Gasteiger partial charge < -0.3 is 0 Å². The molecular weight excluding hydrogens is 205 g/mol. The SMILES string of the molecule is CCCCOC(=O)[CH2][Zn].Cl. The molecule has 0 bridgehead atoms. The molecule has 0 aromatic heterocycles. The smallest absolute Gasteiger partial charge is 0.147 e. The summed E-state index contributed by atoms with van der Waals surface area (Å²) in [6, 6.07) is 0. The van der Waals surface area contributed by atoms with E-state index in [2.05, 4.69) is 6.92 Å². The zero-order valence-electron chi connectivity index (χ0n) is 6.26. The van der Waals surface area contributed by atoms with Crippen molar-refractivity contribution in [2.24, 2.45) is 0 Å². The molecule has 0 fully saturated rings. The van der Waals surface area contributed by atoms with Crippen LogP contribution in [0.1, 0.15) is 19.8 Å². The van der Waals surface area contributed by atoms with Crippen molar-refractivity contribution >= 4 is 18.4 Å². The molecule has 0 amide bonds. The van der Waals surface area contributed by atoms with Gasteiger partial charge in [-0.1, -0.05) is 0 Å². The largest absolute Gasteiger partial charge is 0.147 e. The number of hydrogen-bond donors (Lipinski definition) is 0. The summed E-state index contributed by atoms with van der Waals surface area (Å²) in [5.74, 6) is -0.0385. The van der Waals surface area contributed by atoms with E-state index in [1.165, 1.54) is 0 Å². The fraction of sp³-hybridized carbons (Fsp3) is 0.833. The fourth-order valence-corrected chi connectivity index (χ4v) is 0.705. The number of hydrogen-bond acceptors (Lipinski definition) is 2. The van der Waals surface area contributed by atoms with Gasteiger partial charge in [-0.25, -0.2) is 0 Å². The third-order valence-electron chi connectivity index (χ3n) is 0.965. The summed E-state index contributed by atoms with van der Waals surface area (Å²) in [6.45, 7) is 2.68. The standard InChI is InChI=1S/C6H11O2.ClH.Zn/c1-3-4-5-8-6(2)7;;/h2-5H2,1H3;1H;. The normalized spacial score (nSPS) is 8.30. The van der Waals surface area contributed by atoms with E-state index >= 15 is 0 Å². The molecule has 2 nitrogen and oxygen atoms in total. The Kier molecular flexibility index (Phi) is 12.2. The predicted octanol–water partition coefficient (Wildman–Crippen LogP) is 1.72. The maximum Gasteiger partial charge on any atom is -0.147 e. The first-order valence-electron chi connectivity index (χ1n) is 3.26. The maximum absolute atomic E-state index is 10.5. The number of unbranched alkanes of at least 4 members (excludes halogenated alkanes) is 1. The van der Waals surface area contributed by atoms with Crippen LogP contribution in [0.25, 0.3) is 0 Å². The summed E-state index contributed by atoms with van der Waals surface area (Å²) in [6.07, 6.45) is 2.08. The Bertz CT molecular complexity index is 87.8. The van der Waals surface area contributed by atoms with E-state index in [0.717, 1.165) is 31.1 Å². The van der Waals surface area contributed by atoms with Crippen molar-refractivity contribution in [1.29, 1.82) is 0 Å². The molecule has 0 atom stereocenters. The predicted molar refractivity (Wildman–Crippen MR) is 37.9 cm³/mol. The maximum atomic E-state index is 10.5. The van der Waals surface area contributed by atoms with Crippen LogP contribution < -0.4 is 0 Å². The molecular formula is C6H12ClO2Zn. The van der Waals surface area contributed by atoms with Crippen LogP contribution in [-0.2, 0) is 27.8 Å². The first-order valence-corrected chi connectivity index (χ1v) is 5.36. The minimum atomic E-state index is -0.0385. The van der Waals surface area contributed by atoms with Crippen LogP contribution in [0.5, 0.6) is 0 Å². The molecule has 0 spiro atoms. The van der Waals surface area contributed by atoms with Gasteiger partial charge in [0.1, 0.15) is 0 Å². The molecule has 10 heavy (non-hydrogen) atoms. The average Bonchev–Trinajstić information content (AvgIpc) is 1.89. The van der Waals surface area contributed by atoms with Gasteiger partial charge in [0.25, 0.3) is 0 Å². The third kappa shape index (κ3) is 8.38. The number of halogens is 1. The van der Waals surface area contributed by atoms with Crippen molar-refractivity contribution in [1.82, 2.24) is 0 Å². The van der Waals surface area contributed by atoms with E-state index in [-0.39, 0.29) is 18.4 Å². The van der Waals surface area contributed by atoms with Gasteiger partial charge in [0, 0.05) is 0 Å². The zero-order chi connectivity index (χ0) is 7.11. The van der Waals surface area contributed by atoms with Crippen LogP contribution in [-0.4, -0.2) is 12.6 Å². The molecule has 0 rings (SSSR count). The van der Waals surface area contributed by atoms with Crippen molar-refractivity contribution in [3.05, 3.63) is 0 Å². The quantitative estimate of drug-likeness (QED) is 0.407. The molecule has 0 aromatic carbocycles. The number of ether oxygens (including phenoxy) is 1. The van der Waals surface area contributed by atoms with E-state index in [0.29, 0.717) is 11.6 Å². The first-order chi connectivity index (χ1) is 4.31. The molecule has 0 aliphatic carbocycles. The van der Waals surface area contributed by atoms with Gasteiger partial charge in [-0.15, -0.1) is 12.4 Å². The fourth-order valence-electron chi connectivity index (χ4n) is 0.403. The van der Waals surface area contributed by atoms with Crippen molar-refractivity contribution < 1.29 is 27.8 Å². The van der Waals surface area contributed by atoms with E-state index in [9.17, 15) is 4.79 Å². The van der Waals surface area contributed by atoms with Crippen LogP contribution >= 0.6 is 12.4 Å². The van der Waals surface area contributed by atoms with Crippen LogP contribution in [0.2, 0.25) is 5.02 Å². The second kappa shape index (κ2) is 9.38. The number of rotatable bonds is 4. The van der Waals surface area contributed by atoms with Gasteiger partial charge in [0.15, 0.2) is 0 Å².